The molecule has 106 valence electrons. The SMILES string of the molecule is CCc1ccc(CNCc2cccc([N+](=O)[O-])c2C)o1. The first kappa shape index (κ1) is 14.3. The molecule has 0 bridgehead atoms. The van der Waals surface area contributed by atoms with Crippen molar-refractivity contribution in [3.05, 3.63) is 63.1 Å². The zero-order valence-corrected chi connectivity index (χ0v) is 11.7. The molecule has 20 heavy (non-hydrogen) atoms. The van der Waals surface area contributed by atoms with Crippen LogP contribution in [0.1, 0.15) is 29.6 Å². The van der Waals surface area contributed by atoms with E-state index in [1.807, 2.05) is 25.1 Å². The summed E-state index contributed by atoms with van der Waals surface area (Å²) < 4.78 is 5.59. The summed E-state index contributed by atoms with van der Waals surface area (Å²) in [6, 6.07) is 9.06. The van der Waals surface area contributed by atoms with E-state index in [4.69, 9.17) is 4.42 Å². The predicted octanol–water partition coefficient (Wildman–Crippen LogP) is 3.35. The van der Waals surface area contributed by atoms with Gasteiger partial charge in [-0.1, -0.05) is 19.1 Å². The highest BCUT2D eigenvalue weighted by molar-refractivity contribution is 5.44. The van der Waals surface area contributed by atoms with Crippen LogP contribution in [0.15, 0.2) is 34.7 Å². The molecule has 2 rings (SSSR count). The molecule has 0 aliphatic rings. The minimum absolute atomic E-state index is 0.163. The lowest BCUT2D eigenvalue weighted by Gasteiger charge is -2.07. The quantitative estimate of drug-likeness (QED) is 0.648. The molecule has 1 N–H and O–H groups in total. The number of benzene rings is 1. The molecule has 1 aromatic heterocycles. The Balaban J connectivity index is 1.97. The van der Waals surface area contributed by atoms with Crippen LogP contribution in [-0.2, 0) is 19.5 Å². The number of nitro benzene ring substituents is 1. The van der Waals surface area contributed by atoms with Crippen molar-refractivity contribution in [2.75, 3.05) is 0 Å². The summed E-state index contributed by atoms with van der Waals surface area (Å²) >= 11 is 0. The third kappa shape index (κ3) is 3.24. The second-order valence-corrected chi connectivity index (χ2v) is 4.64. The molecule has 1 aromatic carbocycles. The topological polar surface area (TPSA) is 68.3 Å². The van der Waals surface area contributed by atoms with E-state index in [2.05, 4.69) is 5.32 Å². The lowest BCUT2D eigenvalue weighted by molar-refractivity contribution is -0.385. The number of aryl methyl sites for hydroxylation is 1. The number of nitrogens with one attached hydrogen (secondary N) is 1. The molecule has 0 radical (unpaired) electrons. The molecule has 0 amide bonds. The van der Waals surface area contributed by atoms with Gasteiger partial charge in [0.2, 0.25) is 0 Å². The zero-order chi connectivity index (χ0) is 14.5. The van der Waals surface area contributed by atoms with E-state index >= 15 is 0 Å². The van der Waals surface area contributed by atoms with Gasteiger partial charge < -0.3 is 9.73 Å². The van der Waals surface area contributed by atoms with Crippen molar-refractivity contribution in [2.24, 2.45) is 0 Å². The van der Waals surface area contributed by atoms with Crippen LogP contribution in [0.3, 0.4) is 0 Å². The first-order valence-corrected chi connectivity index (χ1v) is 6.63. The van der Waals surface area contributed by atoms with E-state index in [1.54, 1.807) is 13.0 Å². The van der Waals surface area contributed by atoms with Gasteiger partial charge in [0.15, 0.2) is 0 Å². The van der Waals surface area contributed by atoms with Gasteiger partial charge in [0, 0.05) is 24.6 Å². The third-order valence-corrected chi connectivity index (χ3v) is 3.29. The van der Waals surface area contributed by atoms with E-state index in [-0.39, 0.29) is 10.6 Å². The van der Waals surface area contributed by atoms with Crippen molar-refractivity contribution >= 4 is 5.69 Å². The molecule has 0 aliphatic carbocycles. The van der Waals surface area contributed by atoms with Crippen LogP contribution in [0.5, 0.6) is 0 Å². The third-order valence-electron chi connectivity index (χ3n) is 3.29. The van der Waals surface area contributed by atoms with Crippen LogP contribution in [0.25, 0.3) is 0 Å². The molecule has 0 unspecified atom stereocenters. The number of nitrogens with zero attached hydrogens (tertiary/aromatic N) is 1. The molecule has 0 spiro atoms. The fourth-order valence-corrected chi connectivity index (χ4v) is 2.09. The number of furan rings is 1. The van der Waals surface area contributed by atoms with Gasteiger partial charge in [-0.2, -0.15) is 0 Å². The standard InChI is InChI=1S/C15H18N2O3/c1-3-13-7-8-14(20-13)10-16-9-12-5-4-6-15(11(12)2)17(18)19/h4-8,16H,3,9-10H2,1-2H3. The number of rotatable bonds is 6. The maximum Gasteiger partial charge on any atom is 0.272 e. The molecule has 1 heterocycles. The van der Waals surface area contributed by atoms with E-state index in [9.17, 15) is 10.1 Å². The van der Waals surface area contributed by atoms with Gasteiger partial charge in [0.25, 0.3) is 5.69 Å². The van der Waals surface area contributed by atoms with Crippen molar-refractivity contribution in [2.45, 2.75) is 33.4 Å². The maximum atomic E-state index is 10.9. The summed E-state index contributed by atoms with van der Waals surface area (Å²) in [5.74, 6) is 1.85. The highest BCUT2D eigenvalue weighted by Crippen LogP contribution is 2.21. The summed E-state index contributed by atoms with van der Waals surface area (Å²) in [5, 5.41) is 14.1. The van der Waals surface area contributed by atoms with E-state index in [0.29, 0.717) is 18.7 Å². The number of hydrogen-bond acceptors (Lipinski definition) is 4. The Morgan fingerprint density at radius 1 is 1.20 bits per heavy atom. The van der Waals surface area contributed by atoms with Gasteiger partial charge in [-0.3, -0.25) is 10.1 Å². The molecule has 0 saturated carbocycles. The van der Waals surface area contributed by atoms with Crippen molar-refractivity contribution in [1.29, 1.82) is 0 Å². The van der Waals surface area contributed by atoms with Gasteiger partial charge >= 0.3 is 0 Å². The largest absolute Gasteiger partial charge is 0.465 e. The lowest BCUT2D eigenvalue weighted by atomic mass is 10.1. The normalized spacial score (nSPS) is 10.7. The molecule has 5 nitrogen and oxygen atoms in total. The predicted molar refractivity (Wildman–Crippen MR) is 76.5 cm³/mol. The van der Waals surface area contributed by atoms with Gasteiger partial charge in [0.1, 0.15) is 11.5 Å². The van der Waals surface area contributed by atoms with Crippen LogP contribution >= 0.6 is 0 Å². The Morgan fingerprint density at radius 2 is 1.95 bits per heavy atom. The van der Waals surface area contributed by atoms with Gasteiger partial charge in [-0.15, -0.1) is 0 Å². The van der Waals surface area contributed by atoms with Gasteiger partial charge in [-0.25, -0.2) is 0 Å². The minimum atomic E-state index is -0.348. The zero-order valence-electron chi connectivity index (χ0n) is 11.7. The minimum Gasteiger partial charge on any atom is -0.465 e. The van der Waals surface area contributed by atoms with Crippen molar-refractivity contribution in [3.8, 4) is 0 Å². The Labute approximate surface area is 117 Å². The molecule has 5 heteroatoms. The second-order valence-electron chi connectivity index (χ2n) is 4.64. The molecule has 2 aromatic rings. The Hall–Kier alpha value is -2.14. The summed E-state index contributed by atoms with van der Waals surface area (Å²) in [5.41, 5.74) is 1.80. The number of nitro groups is 1. The van der Waals surface area contributed by atoms with E-state index in [1.165, 1.54) is 6.07 Å². The van der Waals surface area contributed by atoms with Crippen LogP contribution in [0, 0.1) is 17.0 Å². The molecule has 0 aliphatic heterocycles. The van der Waals surface area contributed by atoms with Crippen molar-refractivity contribution in [3.63, 3.8) is 0 Å². The summed E-state index contributed by atoms with van der Waals surface area (Å²) in [6.45, 7) is 5.01. The highest BCUT2D eigenvalue weighted by atomic mass is 16.6. The Morgan fingerprint density at radius 3 is 2.60 bits per heavy atom. The highest BCUT2D eigenvalue weighted by Gasteiger charge is 2.12. The Kier molecular flexibility index (Phi) is 4.53. The average Bonchev–Trinajstić information content (AvgIpc) is 2.88. The van der Waals surface area contributed by atoms with Crippen molar-refractivity contribution < 1.29 is 9.34 Å². The number of hydrogen-bond donors (Lipinski definition) is 1. The van der Waals surface area contributed by atoms with Crippen LogP contribution in [0.2, 0.25) is 0 Å². The fourth-order valence-electron chi connectivity index (χ4n) is 2.09. The lowest BCUT2D eigenvalue weighted by Crippen LogP contribution is -2.13. The first-order valence-electron chi connectivity index (χ1n) is 6.63. The van der Waals surface area contributed by atoms with Crippen LogP contribution in [0.4, 0.5) is 5.69 Å². The summed E-state index contributed by atoms with van der Waals surface area (Å²) in [4.78, 5) is 10.5. The molecular weight excluding hydrogens is 256 g/mol. The molecule has 0 saturated heterocycles. The maximum absolute atomic E-state index is 10.9. The van der Waals surface area contributed by atoms with E-state index < -0.39 is 0 Å². The molecule has 0 fully saturated rings. The van der Waals surface area contributed by atoms with Crippen molar-refractivity contribution in [1.82, 2.24) is 5.32 Å². The fraction of sp³-hybridized carbons (Fsp3) is 0.333. The monoisotopic (exact) mass is 274 g/mol. The molecular formula is C15H18N2O3. The summed E-state index contributed by atoms with van der Waals surface area (Å²) in [7, 11) is 0. The van der Waals surface area contributed by atoms with Gasteiger partial charge in [-0.05, 0) is 24.6 Å². The average molecular weight is 274 g/mol. The second kappa shape index (κ2) is 6.34. The van der Waals surface area contributed by atoms with E-state index in [0.717, 1.165) is 23.5 Å². The molecule has 0 atom stereocenters. The smallest absolute Gasteiger partial charge is 0.272 e. The van der Waals surface area contributed by atoms with Crippen LogP contribution < -0.4 is 5.32 Å². The van der Waals surface area contributed by atoms with Gasteiger partial charge in [0.05, 0.1) is 11.5 Å². The summed E-state index contributed by atoms with van der Waals surface area (Å²) in [6.07, 6.45) is 0.879. The Bertz CT molecular complexity index is 605. The van der Waals surface area contributed by atoms with Crippen LogP contribution in [-0.4, -0.2) is 4.92 Å². The first-order chi connectivity index (χ1) is 9.61.